The van der Waals surface area contributed by atoms with E-state index in [1.54, 1.807) is 4.90 Å². The van der Waals surface area contributed by atoms with E-state index in [0.29, 0.717) is 18.7 Å². The van der Waals surface area contributed by atoms with Crippen LogP contribution < -0.4 is 5.32 Å². The lowest BCUT2D eigenvalue weighted by molar-refractivity contribution is -0.146. The van der Waals surface area contributed by atoms with Crippen LogP contribution in [-0.4, -0.2) is 43.0 Å². The van der Waals surface area contributed by atoms with Crippen molar-refractivity contribution in [3.63, 3.8) is 0 Å². The molecule has 1 aliphatic rings. The molecule has 21 heavy (non-hydrogen) atoms. The van der Waals surface area contributed by atoms with E-state index in [9.17, 15) is 14.0 Å². The molecule has 1 fully saturated rings. The molecule has 1 unspecified atom stereocenters. The van der Waals surface area contributed by atoms with Gasteiger partial charge in [0.25, 0.3) is 0 Å². The topological polar surface area (TPSA) is 58.6 Å². The van der Waals surface area contributed by atoms with Crippen molar-refractivity contribution in [2.24, 2.45) is 0 Å². The first-order valence-corrected chi connectivity index (χ1v) is 6.96. The van der Waals surface area contributed by atoms with Crippen LogP contribution in [0, 0.1) is 5.82 Å². The molecule has 0 radical (unpaired) electrons. The molecule has 1 N–H and O–H groups in total. The molecular formula is C14H16ClFN2O3. The van der Waals surface area contributed by atoms with Gasteiger partial charge in [-0.25, -0.2) is 4.39 Å². The SMILES string of the molecule is COC(=O)C1CCCN1CC(=O)Nc1ccc(F)cc1Cl. The predicted octanol–water partition coefficient (Wildman–Crippen LogP) is 2.05. The molecule has 5 nitrogen and oxygen atoms in total. The van der Waals surface area contributed by atoms with Crippen molar-refractivity contribution >= 4 is 29.2 Å². The highest BCUT2D eigenvalue weighted by Gasteiger charge is 2.32. The maximum atomic E-state index is 12.9. The van der Waals surface area contributed by atoms with Gasteiger partial charge in [0.05, 0.1) is 24.4 Å². The van der Waals surface area contributed by atoms with E-state index in [4.69, 9.17) is 16.3 Å². The van der Waals surface area contributed by atoms with Crippen molar-refractivity contribution in [2.75, 3.05) is 25.5 Å². The summed E-state index contributed by atoms with van der Waals surface area (Å²) in [5.41, 5.74) is 0.344. The number of carbonyl (C=O) groups excluding carboxylic acids is 2. The third-order valence-corrected chi connectivity index (χ3v) is 3.70. The predicted molar refractivity (Wildman–Crippen MR) is 76.7 cm³/mol. The summed E-state index contributed by atoms with van der Waals surface area (Å²) in [7, 11) is 1.33. The fraction of sp³-hybridized carbons (Fsp3) is 0.429. The summed E-state index contributed by atoms with van der Waals surface area (Å²) in [6.45, 7) is 0.720. The summed E-state index contributed by atoms with van der Waals surface area (Å²) in [6.07, 6.45) is 1.52. The number of benzene rings is 1. The van der Waals surface area contributed by atoms with Crippen LogP contribution in [0.25, 0.3) is 0 Å². The summed E-state index contributed by atoms with van der Waals surface area (Å²) >= 11 is 5.85. The third-order valence-electron chi connectivity index (χ3n) is 3.39. The zero-order valence-corrected chi connectivity index (χ0v) is 12.3. The second-order valence-corrected chi connectivity index (χ2v) is 5.23. The van der Waals surface area contributed by atoms with Crippen LogP contribution in [0.5, 0.6) is 0 Å². The van der Waals surface area contributed by atoms with Gasteiger partial charge in [-0.2, -0.15) is 0 Å². The van der Waals surface area contributed by atoms with Gasteiger partial charge in [0.1, 0.15) is 11.9 Å². The van der Waals surface area contributed by atoms with Gasteiger partial charge < -0.3 is 10.1 Å². The highest BCUT2D eigenvalue weighted by atomic mass is 35.5. The van der Waals surface area contributed by atoms with Crippen LogP contribution in [0.3, 0.4) is 0 Å². The summed E-state index contributed by atoms with van der Waals surface area (Å²) in [6, 6.07) is 3.36. The van der Waals surface area contributed by atoms with Gasteiger partial charge in [0, 0.05) is 0 Å². The molecule has 0 aliphatic carbocycles. The normalized spacial score (nSPS) is 18.5. The number of likely N-dealkylation sites (tertiary alicyclic amines) is 1. The summed E-state index contributed by atoms with van der Waals surface area (Å²) < 4.78 is 17.7. The first kappa shape index (κ1) is 15.7. The van der Waals surface area contributed by atoms with Gasteiger partial charge in [-0.15, -0.1) is 0 Å². The molecule has 1 aromatic carbocycles. The molecule has 1 aliphatic heterocycles. The van der Waals surface area contributed by atoms with E-state index in [-0.39, 0.29) is 29.5 Å². The summed E-state index contributed by atoms with van der Waals surface area (Å²) in [5.74, 6) is -1.11. The number of hydrogen-bond donors (Lipinski definition) is 1. The quantitative estimate of drug-likeness (QED) is 0.864. The molecule has 7 heteroatoms. The number of esters is 1. The molecule has 0 spiro atoms. The molecule has 114 valence electrons. The minimum Gasteiger partial charge on any atom is -0.468 e. The van der Waals surface area contributed by atoms with Crippen molar-refractivity contribution < 1.29 is 18.7 Å². The summed E-state index contributed by atoms with van der Waals surface area (Å²) in [5, 5.41) is 2.74. The Morgan fingerprint density at radius 3 is 2.95 bits per heavy atom. The van der Waals surface area contributed by atoms with Crippen molar-refractivity contribution in [3.05, 3.63) is 29.0 Å². The van der Waals surface area contributed by atoms with Gasteiger partial charge in [-0.1, -0.05) is 11.6 Å². The molecule has 1 saturated heterocycles. The average Bonchev–Trinajstić information content (AvgIpc) is 2.89. The van der Waals surface area contributed by atoms with Gasteiger partial charge in [0.2, 0.25) is 5.91 Å². The molecular weight excluding hydrogens is 299 g/mol. The van der Waals surface area contributed by atoms with Gasteiger partial charge in [-0.05, 0) is 37.6 Å². The van der Waals surface area contributed by atoms with Crippen LogP contribution in [0.2, 0.25) is 5.02 Å². The highest BCUT2D eigenvalue weighted by Crippen LogP contribution is 2.23. The maximum Gasteiger partial charge on any atom is 0.323 e. The largest absolute Gasteiger partial charge is 0.468 e. The standard InChI is InChI=1S/C14H16ClFN2O3/c1-21-14(20)12-3-2-6-18(12)8-13(19)17-11-5-4-9(16)7-10(11)15/h4-5,7,12H,2-3,6,8H2,1H3,(H,17,19). The Hall–Kier alpha value is -1.66. The molecule has 1 atom stereocenters. The van der Waals surface area contributed by atoms with E-state index in [1.165, 1.54) is 19.2 Å². The zero-order valence-electron chi connectivity index (χ0n) is 11.6. The zero-order chi connectivity index (χ0) is 15.4. The Morgan fingerprint density at radius 2 is 2.29 bits per heavy atom. The number of nitrogens with zero attached hydrogens (tertiary/aromatic N) is 1. The first-order chi connectivity index (χ1) is 10.0. The smallest absolute Gasteiger partial charge is 0.323 e. The van der Waals surface area contributed by atoms with E-state index in [0.717, 1.165) is 12.5 Å². The fourth-order valence-corrected chi connectivity index (χ4v) is 2.60. The highest BCUT2D eigenvalue weighted by molar-refractivity contribution is 6.33. The van der Waals surface area contributed by atoms with E-state index in [2.05, 4.69) is 5.32 Å². The van der Waals surface area contributed by atoms with Gasteiger partial charge in [-0.3, -0.25) is 14.5 Å². The molecule has 0 bridgehead atoms. The van der Waals surface area contributed by atoms with Crippen molar-refractivity contribution in [1.82, 2.24) is 4.90 Å². The van der Waals surface area contributed by atoms with E-state index < -0.39 is 5.82 Å². The number of methoxy groups -OCH3 is 1. The number of anilines is 1. The molecule has 0 saturated carbocycles. The lowest BCUT2D eigenvalue weighted by Crippen LogP contribution is -2.41. The molecule has 1 heterocycles. The minimum absolute atomic E-state index is 0.0630. The second-order valence-electron chi connectivity index (χ2n) is 4.82. The molecule has 2 rings (SSSR count). The van der Waals surface area contributed by atoms with E-state index >= 15 is 0 Å². The van der Waals surface area contributed by atoms with Crippen LogP contribution >= 0.6 is 11.6 Å². The Kier molecular flexibility index (Phi) is 5.14. The monoisotopic (exact) mass is 314 g/mol. The summed E-state index contributed by atoms with van der Waals surface area (Å²) in [4.78, 5) is 25.4. The van der Waals surface area contributed by atoms with Crippen LogP contribution in [0.15, 0.2) is 18.2 Å². The fourth-order valence-electron chi connectivity index (χ4n) is 2.38. The van der Waals surface area contributed by atoms with Crippen LogP contribution in [-0.2, 0) is 14.3 Å². The number of amides is 1. The number of nitrogens with one attached hydrogen (secondary N) is 1. The average molecular weight is 315 g/mol. The number of rotatable bonds is 4. The van der Waals surface area contributed by atoms with Crippen LogP contribution in [0.1, 0.15) is 12.8 Å². The Bertz CT molecular complexity index is 553. The Morgan fingerprint density at radius 1 is 1.52 bits per heavy atom. The van der Waals surface area contributed by atoms with Crippen LogP contribution in [0.4, 0.5) is 10.1 Å². The Labute approximate surface area is 127 Å². The van der Waals surface area contributed by atoms with E-state index in [1.807, 2.05) is 0 Å². The number of ether oxygens (including phenoxy) is 1. The molecule has 0 aromatic heterocycles. The van der Waals surface area contributed by atoms with Crippen molar-refractivity contribution in [2.45, 2.75) is 18.9 Å². The Balaban J connectivity index is 1.96. The number of halogens is 2. The maximum absolute atomic E-state index is 12.9. The van der Waals surface area contributed by atoms with Crippen molar-refractivity contribution in [1.29, 1.82) is 0 Å². The number of carbonyl (C=O) groups is 2. The lowest BCUT2D eigenvalue weighted by atomic mass is 10.2. The lowest BCUT2D eigenvalue weighted by Gasteiger charge is -2.21. The number of hydrogen-bond acceptors (Lipinski definition) is 4. The molecule has 1 aromatic rings. The second kappa shape index (κ2) is 6.87. The minimum atomic E-state index is -0.469. The molecule has 1 amide bonds. The third kappa shape index (κ3) is 3.92. The van der Waals surface area contributed by atoms with Gasteiger partial charge >= 0.3 is 5.97 Å². The first-order valence-electron chi connectivity index (χ1n) is 6.58. The van der Waals surface area contributed by atoms with Crippen molar-refractivity contribution in [3.8, 4) is 0 Å². The van der Waals surface area contributed by atoms with Gasteiger partial charge in [0.15, 0.2) is 0 Å².